The van der Waals surface area contributed by atoms with Crippen LogP contribution in [-0.2, 0) is 4.74 Å². The molecule has 0 unspecified atom stereocenters. The van der Waals surface area contributed by atoms with Crippen molar-refractivity contribution in [1.82, 2.24) is 0 Å². The highest BCUT2D eigenvalue weighted by Gasteiger charge is 2.53. The molecule has 2 aliphatic heterocycles. The molecule has 0 aromatic carbocycles. The van der Waals surface area contributed by atoms with E-state index in [4.69, 9.17) is 4.74 Å². The number of rotatable bonds is 1. The monoisotopic (exact) mass is 222 g/mol. The molecular weight excluding hydrogens is 196 g/mol. The first-order valence-corrected chi connectivity index (χ1v) is 7.33. The highest BCUT2D eigenvalue weighted by Crippen LogP contribution is 2.55. The van der Waals surface area contributed by atoms with Gasteiger partial charge in [0.2, 0.25) is 0 Å². The lowest BCUT2D eigenvalue weighted by Gasteiger charge is -2.58. The van der Waals surface area contributed by atoms with Crippen molar-refractivity contribution in [2.75, 3.05) is 0 Å². The molecule has 1 heteroatoms. The zero-order chi connectivity index (χ0) is 11.2. The molecule has 4 rings (SSSR count). The number of ether oxygens (including phenoxy) is 1. The van der Waals surface area contributed by atoms with E-state index in [0.29, 0.717) is 5.60 Å². The number of fused-ring (bicyclic) bond motifs is 3. The largest absolute Gasteiger partial charge is 0.369 e. The first kappa shape index (κ1) is 11.1. The van der Waals surface area contributed by atoms with E-state index in [2.05, 4.69) is 13.8 Å². The van der Waals surface area contributed by atoms with Crippen LogP contribution in [0.25, 0.3) is 0 Å². The van der Waals surface area contributed by atoms with Crippen molar-refractivity contribution < 1.29 is 4.74 Å². The molecule has 2 aliphatic carbocycles. The van der Waals surface area contributed by atoms with E-state index in [0.717, 1.165) is 11.8 Å². The quantitative estimate of drug-likeness (QED) is 0.642. The molecule has 4 fully saturated rings. The number of hydrogen-bond acceptors (Lipinski definition) is 1. The van der Waals surface area contributed by atoms with Gasteiger partial charge in [-0.1, -0.05) is 19.3 Å². The Morgan fingerprint density at radius 2 is 1.44 bits per heavy atom. The van der Waals surface area contributed by atoms with Crippen LogP contribution in [0.3, 0.4) is 0 Å². The molecule has 2 bridgehead atoms. The van der Waals surface area contributed by atoms with Gasteiger partial charge in [0.15, 0.2) is 0 Å². The fraction of sp³-hybridized carbons (Fsp3) is 1.00. The van der Waals surface area contributed by atoms with Crippen molar-refractivity contribution in [3.05, 3.63) is 0 Å². The Hall–Kier alpha value is -0.0400. The van der Waals surface area contributed by atoms with Gasteiger partial charge in [0.25, 0.3) is 0 Å². The Bertz CT molecular complexity index is 255. The second-order valence-electron chi connectivity index (χ2n) is 6.88. The van der Waals surface area contributed by atoms with E-state index in [1.807, 2.05) is 0 Å². The van der Waals surface area contributed by atoms with Gasteiger partial charge in [-0.15, -0.1) is 0 Å². The maximum atomic E-state index is 6.60. The van der Waals surface area contributed by atoms with Crippen LogP contribution in [-0.4, -0.2) is 11.2 Å². The van der Waals surface area contributed by atoms with Crippen molar-refractivity contribution >= 4 is 0 Å². The average molecular weight is 222 g/mol. The minimum atomic E-state index is 0.161. The van der Waals surface area contributed by atoms with Gasteiger partial charge in [0.05, 0.1) is 11.2 Å². The number of hydrogen-bond donors (Lipinski definition) is 0. The molecule has 0 aromatic rings. The van der Waals surface area contributed by atoms with Gasteiger partial charge >= 0.3 is 0 Å². The average Bonchev–Trinajstić information content (AvgIpc) is 2.30. The summed E-state index contributed by atoms with van der Waals surface area (Å²) in [7, 11) is 0. The van der Waals surface area contributed by atoms with Crippen LogP contribution in [0, 0.1) is 11.8 Å². The lowest BCUT2D eigenvalue weighted by atomic mass is 9.62. The maximum Gasteiger partial charge on any atom is 0.0718 e. The molecular formula is C15H26O. The zero-order valence-electron chi connectivity index (χ0n) is 10.9. The fourth-order valence-electron chi connectivity index (χ4n) is 4.63. The second-order valence-corrected chi connectivity index (χ2v) is 6.88. The predicted octanol–water partition coefficient (Wildman–Crippen LogP) is 4.30. The second kappa shape index (κ2) is 3.73. The van der Waals surface area contributed by atoms with Gasteiger partial charge in [-0.05, 0) is 64.2 Å². The van der Waals surface area contributed by atoms with Crippen molar-refractivity contribution in [3.63, 3.8) is 0 Å². The minimum absolute atomic E-state index is 0.161. The maximum absolute atomic E-state index is 6.60. The van der Waals surface area contributed by atoms with E-state index >= 15 is 0 Å². The van der Waals surface area contributed by atoms with Crippen LogP contribution in [0.1, 0.15) is 71.6 Å². The zero-order valence-corrected chi connectivity index (χ0v) is 10.9. The summed E-state index contributed by atoms with van der Waals surface area (Å²) in [4.78, 5) is 0. The molecule has 2 saturated heterocycles. The summed E-state index contributed by atoms with van der Waals surface area (Å²) in [6.07, 6.45) is 12.8. The van der Waals surface area contributed by atoms with Crippen molar-refractivity contribution in [1.29, 1.82) is 0 Å². The van der Waals surface area contributed by atoms with E-state index < -0.39 is 0 Å². The molecule has 16 heavy (non-hydrogen) atoms. The summed E-state index contributed by atoms with van der Waals surface area (Å²) in [6.45, 7) is 4.65. The van der Waals surface area contributed by atoms with Crippen LogP contribution in [0.15, 0.2) is 0 Å². The lowest BCUT2D eigenvalue weighted by molar-refractivity contribution is -0.261. The van der Waals surface area contributed by atoms with Gasteiger partial charge in [-0.25, -0.2) is 0 Å². The molecule has 0 radical (unpaired) electrons. The Balaban J connectivity index is 1.81. The lowest BCUT2D eigenvalue weighted by Crippen LogP contribution is -2.58. The smallest absolute Gasteiger partial charge is 0.0718 e. The summed E-state index contributed by atoms with van der Waals surface area (Å²) < 4.78 is 6.60. The molecule has 2 heterocycles. The van der Waals surface area contributed by atoms with Gasteiger partial charge < -0.3 is 4.74 Å². The van der Waals surface area contributed by atoms with Gasteiger partial charge in [-0.2, -0.15) is 0 Å². The van der Waals surface area contributed by atoms with Gasteiger partial charge in [-0.3, -0.25) is 0 Å². The highest BCUT2D eigenvalue weighted by atomic mass is 16.5. The summed E-state index contributed by atoms with van der Waals surface area (Å²) >= 11 is 0. The minimum Gasteiger partial charge on any atom is -0.369 e. The van der Waals surface area contributed by atoms with Crippen LogP contribution in [0.5, 0.6) is 0 Å². The van der Waals surface area contributed by atoms with Crippen molar-refractivity contribution in [2.24, 2.45) is 11.8 Å². The van der Waals surface area contributed by atoms with Gasteiger partial charge in [0.1, 0.15) is 0 Å². The molecule has 0 amide bonds. The SMILES string of the molecule is CC1(C)OC2(C3CCCCC3)CCC1CC2. The predicted molar refractivity (Wildman–Crippen MR) is 66.4 cm³/mol. The fourth-order valence-corrected chi connectivity index (χ4v) is 4.63. The topological polar surface area (TPSA) is 9.23 Å². The molecule has 1 nitrogen and oxygen atoms in total. The van der Waals surface area contributed by atoms with E-state index in [1.54, 1.807) is 0 Å². The van der Waals surface area contributed by atoms with Crippen molar-refractivity contribution in [3.8, 4) is 0 Å². The standard InChI is InChI=1S/C15H26O/c1-14(2)12-8-10-15(16-14,11-9-12)13-6-4-3-5-7-13/h12-13H,3-11H2,1-2H3. The summed E-state index contributed by atoms with van der Waals surface area (Å²) in [5.41, 5.74) is 0.451. The molecule has 0 aromatic heterocycles. The third-order valence-corrected chi connectivity index (χ3v) is 5.63. The Kier molecular flexibility index (Phi) is 2.58. The Morgan fingerprint density at radius 3 is 2.00 bits per heavy atom. The Morgan fingerprint density at radius 1 is 0.812 bits per heavy atom. The molecule has 4 aliphatic rings. The van der Waals surface area contributed by atoms with Crippen LogP contribution in [0.2, 0.25) is 0 Å². The Labute approximate surface area is 99.9 Å². The normalized spacial score (nSPS) is 43.5. The third-order valence-electron chi connectivity index (χ3n) is 5.63. The molecule has 2 saturated carbocycles. The molecule has 0 spiro atoms. The first-order chi connectivity index (χ1) is 7.62. The summed E-state index contributed by atoms with van der Waals surface area (Å²) in [5.74, 6) is 1.71. The summed E-state index contributed by atoms with van der Waals surface area (Å²) in [6, 6.07) is 0. The van der Waals surface area contributed by atoms with E-state index in [9.17, 15) is 0 Å². The van der Waals surface area contributed by atoms with E-state index in [1.165, 1.54) is 57.8 Å². The van der Waals surface area contributed by atoms with Crippen LogP contribution in [0.4, 0.5) is 0 Å². The third kappa shape index (κ3) is 1.63. The summed E-state index contributed by atoms with van der Waals surface area (Å²) in [5, 5.41) is 0. The highest BCUT2D eigenvalue weighted by molar-refractivity contribution is 5.03. The molecule has 0 N–H and O–H groups in total. The van der Waals surface area contributed by atoms with Crippen LogP contribution >= 0.6 is 0 Å². The van der Waals surface area contributed by atoms with Crippen molar-refractivity contribution in [2.45, 2.75) is 82.8 Å². The van der Waals surface area contributed by atoms with E-state index in [-0.39, 0.29) is 5.60 Å². The molecule has 0 atom stereocenters. The first-order valence-electron chi connectivity index (χ1n) is 7.33. The molecule has 92 valence electrons. The van der Waals surface area contributed by atoms with Crippen LogP contribution < -0.4 is 0 Å². The van der Waals surface area contributed by atoms with Gasteiger partial charge in [0, 0.05) is 0 Å².